The van der Waals surface area contributed by atoms with Crippen LogP contribution in [0.2, 0.25) is 0 Å². The predicted molar refractivity (Wildman–Crippen MR) is 107 cm³/mol. The lowest BCUT2D eigenvalue weighted by Crippen LogP contribution is -2.50. The van der Waals surface area contributed by atoms with Crippen LogP contribution in [-0.4, -0.2) is 59.3 Å². The van der Waals surface area contributed by atoms with Crippen LogP contribution in [0.5, 0.6) is 0 Å². The fourth-order valence-corrected chi connectivity index (χ4v) is 5.44. The number of thiazole rings is 1. The van der Waals surface area contributed by atoms with E-state index in [-0.39, 0.29) is 30.3 Å². The Kier molecular flexibility index (Phi) is 5.48. The summed E-state index contributed by atoms with van der Waals surface area (Å²) in [6.07, 6.45) is 5.73. The molecule has 3 aromatic rings. The Bertz CT molecular complexity index is 1090. The summed E-state index contributed by atoms with van der Waals surface area (Å²) in [5, 5.41) is 0.799. The molecule has 152 valence electrons. The number of rotatable bonds is 5. The molecular formula is C19H19FN4O3S2. The molecule has 1 saturated heterocycles. The van der Waals surface area contributed by atoms with Gasteiger partial charge < -0.3 is 9.47 Å². The zero-order chi connectivity index (χ0) is 20.4. The smallest absolute Gasteiger partial charge is 0.243 e. The molecule has 0 radical (unpaired) electrons. The summed E-state index contributed by atoms with van der Waals surface area (Å²) in [6, 6.07) is 8.59. The van der Waals surface area contributed by atoms with E-state index in [4.69, 9.17) is 0 Å². The summed E-state index contributed by atoms with van der Waals surface area (Å²) >= 11 is 1.45. The fourth-order valence-electron chi connectivity index (χ4n) is 3.15. The molecule has 0 aliphatic carbocycles. The van der Waals surface area contributed by atoms with Crippen LogP contribution in [0.1, 0.15) is 4.88 Å². The van der Waals surface area contributed by atoms with Gasteiger partial charge >= 0.3 is 0 Å². The molecule has 0 atom stereocenters. The van der Waals surface area contributed by atoms with E-state index in [1.54, 1.807) is 11.1 Å². The van der Waals surface area contributed by atoms with E-state index in [1.807, 2.05) is 29.1 Å². The molecule has 1 aliphatic rings. The van der Waals surface area contributed by atoms with Crippen molar-refractivity contribution >= 4 is 27.3 Å². The minimum Gasteiger partial charge on any atom is -0.340 e. The number of carbonyl (C=O) groups is 1. The van der Waals surface area contributed by atoms with Gasteiger partial charge in [-0.25, -0.2) is 17.8 Å². The second kappa shape index (κ2) is 8.05. The number of benzene rings is 1. The number of nitrogens with zero attached hydrogens (tertiary/aromatic N) is 4. The van der Waals surface area contributed by atoms with E-state index in [9.17, 15) is 17.6 Å². The molecule has 0 spiro atoms. The molecule has 2 aromatic heterocycles. The van der Waals surface area contributed by atoms with Crippen molar-refractivity contribution in [2.24, 2.45) is 0 Å². The van der Waals surface area contributed by atoms with Crippen LogP contribution in [0.25, 0.3) is 5.13 Å². The van der Waals surface area contributed by atoms with Crippen LogP contribution in [0, 0.1) is 5.82 Å². The quantitative estimate of drug-likeness (QED) is 0.617. The molecular weight excluding hydrogens is 415 g/mol. The molecule has 1 amide bonds. The highest BCUT2D eigenvalue weighted by Gasteiger charge is 2.30. The van der Waals surface area contributed by atoms with Gasteiger partial charge in [0.25, 0.3) is 0 Å². The molecule has 1 aliphatic heterocycles. The number of hydrogen-bond donors (Lipinski definition) is 0. The highest BCUT2D eigenvalue weighted by atomic mass is 32.2. The Labute approximate surface area is 172 Å². The van der Waals surface area contributed by atoms with Gasteiger partial charge in [0.1, 0.15) is 5.82 Å². The van der Waals surface area contributed by atoms with Crippen LogP contribution in [0.15, 0.2) is 59.9 Å². The van der Waals surface area contributed by atoms with Crippen molar-refractivity contribution in [3.63, 3.8) is 0 Å². The maximum absolute atomic E-state index is 13.1. The van der Waals surface area contributed by atoms with Gasteiger partial charge in [-0.2, -0.15) is 4.31 Å². The Morgan fingerprint density at radius 2 is 1.72 bits per heavy atom. The normalized spacial score (nSPS) is 15.6. The molecule has 1 aromatic carbocycles. The maximum atomic E-state index is 13.1. The Balaban J connectivity index is 1.35. The van der Waals surface area contributed by atoms with Crippen molar-refractivity contribution in [3.05, 3.63) is 65.7 Å². The van der Waals surface area contributed by atoms with Gasteiger partial charge in [0, 0.05) is 49.6 Å². The van der Waals surface area contributed by atoms with Crippen molar-refractivity contribution in [2.75, 3.05) is 26.2 Å². The van der Waals surface area contributed by atoms with Crippen molar-refractivity contribution in [1.29, 1.82) is 0 Å². The minimum absolute atomic E-state index is 0.0495. The van der Waals surface area contributed by atoms with E-state index in [1.165, 1.54) is 27.8 Å². The Morgan fingerprint density at radius 1 is 1.07 bits per heavy atom. The first-order valence-corrected chi connectivity index (χ1v) is 11.3. The van der Waals surface area contributed by atoms with Crippen LogP contribution >= 0.6 is 11.3 Å². The SMILES string of the molecule is O=C(Cc1cnc(-n2cccc2)s1)N1CCN(S(=O)(=O)c2ccc(F)cc2)CC1. The summed E-state index contributed by atoms with van der Waals surface area (Å²) in [5.74, 6) is -0.533. The third-order valence-corrected chi connectivity index (χ3v) is 7.66. The molecule has 4 rings (SSSR count). The van der Waals surface area contributed by atoms with Gasteiger partial charge in [0.2, 0.25) is 15.9 Å². The zero-order valence-corrected chi connectivity index (χ0v) is 17.1. The number of carbonyl (C=O) groups excluding carboxylic acids is 1. The summed E-state index contributed by atoms with van der Waals surface area (Å²) in [6.45, 7) is 1.07. The molecule has 7 nitrogen and oxygen atoms in total. The van der Waals surface area contributed by atoms with Crippen molar-refractivity contribution in [2.45, 2.75) is 11.3 Å². The number of hydrogen-bond acceptors (Lipinski definition) is 5. The van der Waals surface area contributed by atoms with E-state index in [2.05, 4.69) is 4.98 Å². The summed E-state index contributed by atoms with van der Waals surface area (Å²) in [5.41, 5.74) is 0. The minimum atomic E-state index is -3.69. The first-order valence-electron chi connectivity index (χ1n) is 9.05. The fraction of sp³-hybridized carbons (Fsp3) is 0.263. The molecule has 0 bridgehead atoms. The van der Waals surface area contributed by atoms with Gasteiger partial charge in [0.05, 0.1) is 11.3 Å². The number of sulfonamides is 1. The average molecular weight is 435 g/mol. The number of halogens is 1. The van der Waals surface area contributed by atoms with Crippen molar-refractivity contribution < 1.29 is 17.6 Å². The Morgan fingerprint density at radius 3 is 2.38 bits per heavy atom. The second-order valence-electron chi connectivity index (χ2n) is 6.62. The van der Waals surface area contributed by atoms with Crippen molar-refractivity contribution in [3.8, 4) is 5.13 Å². The zero-order valence-electron chi connectivity index (χ0n) is 15.4. The topological polar surface area (TPSA) is 75.5 Å². The van der Waals surface area contributed by atoms with E-state index in [0.29, 0.717) is 13.1 Å². The van der Waals surface area contributed by atoms with Crippen LogP contribution < -0.4 is 0 Å². The number of piperazine rings is 1. The highest BCUT2D eigenvalue weighted by Crippen LogP contribution is 2.21. The molecule has 0 unspecified atom stereocenters. The molecule has 0 saturated carbocycles. The first kappa shape index (κ1) is 19.7. The van der Waals surface area contributed by atoms with Crippen LogP contribution in [-0.2, 0) is 21.2 Å². The Hall–Kier alpha value is -2.56. The summed E-state index contributed by atoms with van der Waals surface area (Å²) in [7, 11) is -3.69. The summed E-state index contributed by atoms with van der Waals surface area (Å²) in [4.78, 5) is 19.5. The van der Waals surface area contributed by atoms with Gasteiger partial charge in [0.15, 0.2) is 5.13 Å². The average Bonchev–Trinajstić information content (AvgIpc) is 3.40. The largest absolute Gasteiger partial charge is 0.340 e. The monoisotopic (exact) mass is 434 g/mol. The second-order valence-corrected chi connectivity index (χ2v) is 9.65. The predicted octanol–water partition coefficient (Wildman–Crippen LogP) is 2.15. The molecule has 1 fully saturated rings. The molecule has 3 heterocycles. The third-order valence-electron chi connectivity index (χ3n) is 4.73. The first-order chi connectivity index (χ1) is 13.9. The number of aromatic nitrogens is 2. The third kappa shape index (κ3) is 4.24. The summed E-state index contributed by atoms with van der Waals surface area (Å²) < 4.78 is 41.6. The van der Waals surface area contributed by atoms with E-state index < -0.39 is 15.8 Å². The highest BCUT2D eigenvalue weighted by molar-refractivity contribution is 7.89. The van der Waals surface area contributed by atoms with Crippen LogP contribution in [0.4, 0.5) is 4.39 Å². The van der Waals surface area contributed by atoms with Crippen LogP contribution in [0.3, 0.4) is 0 Å². The van der Waals surface area contributed by atoms with Gasteiger partial charge in [-0.15, -0.1) is 11.3 Å². The molecule has 0 N–H and O–H groups in total. The lowest BCUT2D eigenvalue weighted by atomic mass is 10.3. The van der Waals surface area contributed by atoms with Gasteiger partial charge in [-0.1, -0.05) is 0 Å². The van der Waals surface area contributed by atoms with Crippen molar-refractivity contribution in [1.82, 2.24) is 18.8 Å². The maximum Gasteiger partial charge on any atom is 0.243 e. The van der Waals surface area contributed by atoms with E-state index >= 15 is 0 Å². The lowest BCUT2D eigenvalue weighted by molar-refractivity contribution is -0.131. The standard InChI is InChI=1S/C19H19FN4O3S2/c20-15-3-5-17(6-4-15)29(26,27)24-11-9-22(10-12-24)18(25)13-16-14-21-19(28-16)23-7-1-2-8-23/h1-8,14H,9-13H2. The van der Waals surface area contributed by atoms with E-state index in [0.717, 1.165) is 22.1 Å². The lowest BCUT2D eigenvalue weighted by Gasteiger charge is -2.34. The number of amides is 1. The molecule has 10 heteroatoms. The van der Waals surface area contributed by atoms with Gasteiger partial charge in [-0.05, 0) is 36.4 Å². The van der Waals surface area contributed by atoms with Gasteiger partial charge in [-0.3, -0.25) is 4.79 Å². The molecule has 29 heavy (non-hydrogen) atoms.